The molecule has 1 N–H and O–H groups in total. The quantitative estimate of drug-likeness (QED) is 0.811. The summed E-state index contributed by atoms with van der Waals surface area (Å²) in [6, 6.07) is 11.2. The van der Waals surface area contributed by atoms with Gasteiger partial charge in [-0.15, -0.1) is 0 Å². The second-order valence-electron chi connectivity index (χ2n) is 6.71. The summed E-state index contributed by atoms with van der Waals surface area (Å²) < 4.78 is 11.3. The Bertz CT molecular complexity index is 836. The number of hydrogen-bond donors (Lipinski definition) is 1. The van der Waals surface area contributed by atoms with E-state index < -0.39 is 0 Å². The molecule has 26 heavy (non-hydrogen) atoms. The zero-order valence-corrected chi connectivity index (χ0v) is 15.6. The van der Waals surface area contributed by atoms with Crippen molar-refractivity contribution in [3.05, 3.63) is 57.6 Å². The van der Waals surface area contributed by atoms with E-state index in [9.17, 15) is 4.79 Å². The van der Waals surface area contributed by atoms with Gasteiger partial charge in [0.05, 0.1) is 22.5 Å². The molecule has 0 spiro atoms. The predicted octanol–water partition coefficient (Wildman–Crippen LogP) is 4.57. The van der Waals surface area contributed by atoms with Gasteiger partial charge in [0, 0.05) is 0 Å². The summed E-state index contributed by atoms with van der Waals surface area (Å²) in [4.78, 5) is 12.6. The molecule has 0 aromatic heterocycles. The molecule has 1 atom stereocenters. The Morgan fingerprint density at radius 2 is 1.81 bits per heavy atom. The van der Waals surface area contributed by atoms with Crippen molar-refractivity contribution in [3.8, 4) is 11.5 Å². The van der Waals surface area contributed by atoms with E-state index >= 15 is 0 Å². The number of carbonyl (C=O) groups excluding carboxylic acids is 1. The first-order valence-electron chi connectivity index (χ1n) is 8.73. The average molecular weight is 392 g/mol. The second-order valence-corrected chi connectivity index (χ2v) is 7.53. The van der Waals surface area contributed by atoms with Crippen LogP contribution in [-0.4, -0.2) is 19.1 Å². The SMILES string of the molecule is O=C(Cc1ccc(Cl)c(Cl)c1)NC(c1ccc2c(c1)OCCO2)C1CC1. The number of benzene rings is 2. The van der Waals surface area contributed by atoms with Crippen LogP contribution in [-0.2, 0) is 11.2 Å². The third-order valence-corrected chi connectivity index (χ3v) is 5.42. The van der Waals surface area contributed by atoms with Gasteiger partial charge in [0.2, 0.25) is 5.91 Å². The minimum Gasteiger partial charge on any atom is -0.486 e. The van der Waals surface area contributed by atoms with Gasteiger partial charge in [0.1, 0.15) is 13.2 Å². The van der Waals surface area contributed by atoms with E-state index in [1.807, 2.05) is 24.3 Å². The number of carbonyl (C=O) groups is 1. The molecule has 1 saturated carbocycles. The molecule has 1 aliphatic carbocycles. The minimum atomic E-state index is -0.0322. The van der Waals surface area contributed by atoms with Crippen LogP contribution in [0.15, 0.2) is 36.4 Å². The Hall–Kier alpha value is -1.91. The zero-order valence-electron chi connectivity index (χ0n) is 14.1. The van der Waals surface area contributed by atoms with Crippen LogP contribution in [0.4, 0.5) is 0 Å². The molecule has 4 nitrogen and oxygen atoms in total. The summed E-state index contributed by atoms with van der Waals surface area (Å²) >= 11 is 12.0. The van der Waals surface area contributed by atoms with Crippen molar-refractivity contribution in [1.82, 2.24) is 5.32 Å². The Labute approximate surface area is 162 Å². The third-order valence-electron chi connectivity index (χ3n) is 4.68. The first-order valence-corrected chi connectivity index (χ1v) is 9.48. The maximum Gasteiger partial charge on any atom is 0.224 e. The van der Waals surface area contributed by atoms with E-state index in [0.29, 0.717) is 29.2 Å². The Kier molecular flexibility index (Phi) is 4.96. The maximum absolute atomic E-state index is 12.6. The molecule has 6 heteroatoms. The van der Waals surface area contributed by atoms with Crippen LogP contribution >= 0.6 is 23.2 Å². The lowest BCUT2D eigenvalue weighted by molar-refractivity contribution is -0.121. The van der Waals surface area contributed by atoms with Gasteiger partial charge in [-0.3, -0.25) is 4.79 Å². The molecular formula is C20H19Cl2NO3. The van der Waals surface area contributed by atoms with Crippen LogP contribution in [0, 0.1) is 5.92 Å². The van der Waals surface area contributed by atoms with Gasteiger partial charge in [-0.25, -0.2) is 0 Å². The van der Waals surface area contributed by atoms with Crippen LogP contribution in [0.2, 0.25) is 10.0 Å². The number of amides is 1. The fourth-order valence-corrected chi connectivity index (χ4v) is 3.54. The molecule has 136 valence electrons. The van der Waals surface area contributed by atoms with Crippen molar-refractivity contribution in [2.45, 2.75) is 25.3 Å². The summed E-state index contributed by atoms with van der Waals surface area (Å²) in [7, 11) is 0. The molecule has 0 saturated heterocycles. The van der Waals surface area contributed by atoms with E-state index in [2.05, 4.69) is 5.32 Å². The monoisotopic (exact) mass is 391 g/mol. The smallest absolute Gasteiger partial charge is 0.224 e. The summed E-state index contributed by atoms with van der Waals surface area (Å²) in [5.74, 6) is 1.94. The Balaban J connectivity index is 1.48. The fraction of sp³-hybridized carbons (Fsp3) is 0.350. The van der Waals surface area contributed by atoms with Gasteiger partial charge < -0.3 is 14.8 Å². The fourth-order valence-electron chi connectivity index (χ4n) is 3.22. The van der Waals surface area contributed by atoms with Crippen molar-refractivity contribution in [1.29, 1.82) is 0 Å². The standard InChI is InChI=1S/C20H19Cl2NO3/c21-15-5-1-12(9-16(15)22)10-19(24)23-20(13-2-3-13)14-4-6-17-18(11-14)26-8-7-25-17/h1,4-6,9,11,13,20H,2-3,7-8,10H2,(H,23,24). The molecule has 1 fully saturated rings. The van der Waals surface area contributed by atoms with Gasteiger partial charge in [0.15, 0.2) is 11.5 Å². The van der Waals surface area contributed by atoms with Crippen molar-refractivity contribution in [3.63, 3.8) is 0 Å². The molecule has 1 amide bonds. The molecule has 2 aliphatic rings. The van der Waals surface area contributed by atoms with Gasteiger partial charge in [-0.1, -0.05) is 35.3 Å². The molecule has 0 radical (unpaired) electrons. The van der Waals surface area contributed by atoms with Crippen LogP contribution in [0.25, 0.3) is 0 Å². The average Bonchev–Trinajstić information content (AvgIpc) is 3.47. The number of ether oxygens (including phenoxy) is 2. The molecular weight excluding hydrogens is 373 g/mol. The van der Waals surface area contributed by atoms with Gasteiger partial charge in [-0.2, -0.15) is 0 Å². The number of fused-ring (bicyclic) bond motifs is 1. The zero-order chi connectivity index (χ0) is 18.1. The lowest BCUT2D eigenvalue weighted by Crippen LogP contribution is -2.31. The third kappa shape index (κ3) is 3.92. The normalized spacial score (nSPS) is 16.8. The lowest BCUT2D eigenvalue weighted by atomic mass is 10.0. The molecule has 2 aromatic carbocycles. The summed E-state index contributed by atoms with van der Waals surface area (Å²) in [6.45, 7) is 1.12. The molecule has 4 rings (SSSR count). The number of nitrogens with one attached hydrogen (secondary N) is 1. The van der Waals surface area contributed by atoms with Crippen LogP contribution < -0.4 is 14.8 Å². The van der Waals surface area contributed by atoms with Crippen molar-refractivity contribution in [2.24, 2.45) is 5.92 Å². The highest BCUT2D eigenvalue weighted by Crippen LogP contribution is 2.43. The minimum absolute atomic E-state index is 0.0129. The molecule has 1 aliphatic heterocycles. The number of halogens is 2. The van der Waals surface area contributed by atoms with E-state index in [1.54, 1.807) is 12.1 Å². The summed E-state index contributed by atoms with van der Waals surface area (Å²) in [5.41, 5.74) is 1.90. The number of rotatable bonds is 5. The topological polar surface area (TPSA) is 47.6 Å². The van der Waals surface area contributed by atoms with Crippen LogP contribution in [0.1, 0.15) is 30.0 Å². The van der Waals surface area contributed by atoms with E-state index in [4.69, 9.17) is 32.7 Å². The highest BCUT2D eigenvalue weighted by atomic mass is 35.5. The predicted molar refractivity (Wildman–Crippen MR) is 101 cm³/mol. The number of hydrogen-bond acceptors (Lipinski definition) is 3. The maximum atomic E-state index is 12.6. The summed E-state index contributed by atoms with van der Waals surface area (Å²) in [5, 5.41) is 4.12. The highest BCUT2D eigenvalue weighted by molar-refractivity contribution is 6.42. The molecule has 2 aromatic rings. The highest BCUT2D eigenvalue weighted by Gasteiger charge is 2.34. The lowest BCUT2D eigenvalue weighted by Gasteiger charge is -2.23. The van der Waals surface area contributed by atoms with Gasteiger partial charge in [-0.05, 0) is 54.2 Å². The van der Waals surface area contributed by atoms with Crippen molar-refractivity contribution >= 4 is 29.1 Å². The van der Waals surface area contributed by atoms with E-state index in [1.165, 1.54) is 0 Å². The Morgan fingerprint density at radius 1 is 1.04 bits per heavy atom. The van der Waals surface area contributed by atoms with Crippen LogP contribution in [0.3, 0.4) is 0 Å². The van der Waals surface area contributed by atoms with Gasteiger partial charge in [0.25, 0.3) is 0 Å². The second kappa shape index (κ2) is 7.37. The van der Waals surface area contributed by atoms with E-state index in [-0.39, 0.29) is 18.4 Å². The Morgan fingerprint density at radius 3 is 2.54 bits per heavy atom. The van der Waals surface area contributed by atoms with Crippen molar-refractivity contribution in [2.75, 3.05) is 13.2 Å². The van der Waals surface area contributed by atoms with Crippen molar-refractivity contribution < 1.29 is 14.3 Å². The first kappa shape index (κ1) is 17.5. The molecule has 0 bridgehead atoms. The van der Waals surface area contributed by atoms with E-state index in [0.717, 1.165) is 35.5 Å². The molecule has 1 unspecified atom stereocenters. The van der Waals surface area contributed by atoms with Gasteiger partial charge >= 0.3 is 0 Å². The summed E-state index contributed by atoms with van der Waals surface area (Å²) in [6.07, 6.45) is 2.50. The largest absolute Gasteiger partial charge is 0.486 e. The molecule has 1 heterocycles. The first-order chi connectivity index (χ1) is 12.6. The van der Waals surface area contributed by atoms with Crippen LogP contribution in [0.5, 0.6) is 11.5 Å².